The molecular formula is C20H25N3O2S. The highest BCUT2D eigenvalue weighted by molar-refractivity contribution is 7.17. The zero-order valence-electron chi connectivity index (χ0n) is 15.1. The summed E-state index contributed by atoms with van der Waals surface area (Å²) in [5.41, 5.74) is 2.04. The van der Waals surface area contributed by atoms with E-state index in [1.165, 1.54) is 29.7 Å². The first-order valence-corrected chi connectivity index (χ1v) is 10.2. The number of thiophene rings is 1. The molecule has 3 N–H and O–H groups in total. The summed E-state index contributed by atoms with van der Waals surface area (Å²) >= 11 is 1.49. The van der Waals surface area contributed by atoms with E-state index in [0.717, 1.165) is 65.3 Å². The predicted octanol–water partition coefficient (Wildman–Crippen LogP) is 2.88. The number of hydrogen-bond acceptors (Lipinski definition) is 5. The average molecular weight is 372 g/mol. The summed E-state index contributed by atoms with van der Waals surface area (Å²) < 4.78 is 6.42. The molecule has 1 aromatic carbocycles. The minimum atomic E-state index is -0.0125. The zero-order chi connectivity index (χ0) is 17.9. The molecule has 0 aliphatic carbocycles. The summed E-state index contributed by atoms with van der Waals surface area (Å²) in [5.74, 6) is 1.61. The molecule has 1 saturated heterocycles. The number of ether oxygens (including phenoxy) is 1. The van der Waals surface area contributed by atoms with Gasteiger partial charge in [0.2, 0.25) is 0 Å². The number of piperidine rings is 1. The molecular weight excluding hydrogens is 346 g/mol. The van der Waals surface area contributed by atoms with Gasteiger partial charge in [-0.05, 0) is 74.9 Å². The molecule has 1 atom stereocenters. The van der Waals surface area contributed by atoms with Gasteiger partial charge in [0.15, 0.2) is 0 Å². The van der Waals surface area contributed by atoms with Crippen LogP contribution in [0.4, 0.5) is 0 Å². The lowest BCUT2D eigenvalue weighted by atomic mass is 9.99. The van der Waals surface area contributed by atoms with Gasteiger partial charge in [-0.1, -0.05) is 0 Å². The molecule has 4 rings (SSSR count). The van der Waals surface area contributed by atoms with Gasteiger partial charge in [-0.15, -0.1) is 11.3 Å². The molecule has 0 bridgehead atoms. The number of aromatic nitrogens is 1. The van der Waals surface area contributed by atoms with Crippen LogP contribution in [0.15, 0.2) is 28.4 Å². The van der Waals surface area contributed by atoms with Crippen LogP contribution in [0.25, 0.3) is 21.0 Å². The number of rotatable bonds is 6. The molecule has 0 saturated carbocycles. The maximum Gasteiger partial charge on any atom is 0.266 e. The molecule has 6 heteroatoms. The van der Waals surface area contributed by atoms with Crippen LogP contribution in [0.2, 0.25) is 0 Å². The van der Waals surface area contributed by atoms with Crippen molar-refractivity contribution in [3.63, 3.8) is 0 Å². The monoisotopic (exact) mass is 371 g/mol. The maximum absolute atomic E-state index is 12.3. The van der Waals surface area contributed by atoms with Crippen molar-refractivity contribution in [2.45, 2.75) is 19.3 Å². The second-order valence-corrected chi connectivity index (χ2v) is 7.87. The summed E-state index contributed by atoms with van der Waals surface area (Å²) in [5, 5.41) is 11.2. The third-order valence-corrected chi connectivity index (χ3v) is 6.18. The van der Waals surface area contributed by atoms with Gasteiger partial charge in [-0.3, -0.25) is 4.79 Å². The van der Waals surface area contributed by atoms with E-state index in [2.05, 4.69) is 15.6 Å². The lowest BCUT2D eigenvalue weighted by Gasteiger charge is -2.23. The summed E-state index contributed by atoms with van der Waals surface area (Å²) in [6.07, 6.45) is 3.44. The van der Waals surface area contributed by atoms with E-state index in [1.807, 2.05) is 23.6 Å². The van der Waals surface area contributed by atoms with Crippen LogP contribution < -0.4 is 20.9 Å². The van der Waals surface area contributed by atoms with Crippen LogP contribution in [-0.2, 0) is 6.42 Å². The minimum Gasteiger partial charge on any atom is -0.496 e. The number of benzene rings is 1. The highest BCUT2D eigenvalue weighted by Crippen LogP contribution is 2.33. The average Bonchev–Trinajstić information content (AvgIpc) is 3.16. The van der Waals surface area contributed by atoms with Crippen LogP contribution in [0.1, 0.15) is 18.4 Å². The Labute approximate surface area is 156 Å². The molecule has 3 heterocycles. The largest absolute Gasteiger partial charge is 0.496 e. The van der Waals surface area contributed by atoms with Gasteiger partial charge >= 0.3 is 0 Å². The molecule has 1 aliphatic heterocycles. The molecule has 2 aromatic heterocycles. The first-order chi connectivity index (χ1) is 12.8. The lowest BCUT2D eigenvalue weighted by molar-refractivity contribution is 0.360. The molecule has 5 nitrogen and oxygen atoms in total. The third-order valence-electron chi connectivity index (χ3n) is 5.26. The summed E-state index contributed by atoms with van der Waals surface area (Å²) in [7, 11) is 1.71. The smallest absolute Gasteiger partial charge is 0.266 e. The Kier molecular flexibility index (Phi) is 5.24. The number of fused-ring (bicyclic) bond motifs is 3. The first-order valence-electron chi connectivity index (χ1n) is 9.28. The summed E-state index contributed by atoms with van der Waals surface area (Å²) in [6.45, 7) is 4.21. The van der Waals surface area contributed by atoms with Crippen LogP contribution >= 0.6 is 11.3 Å². The quantitative estimate of drug-likeness (QED) is 0.583. The highest BCUT2D eigenvalue weighted by Gasteiger charge is 2.15. The van der Waals surface area contributed by atoms with Crippen molar-refractivity contribution in [3.8, 4) is 5.75 Å². The molecule has 26 heavy (non-hydrogen) atoms. The second kappa shape index (κ2) is 7.78. The van der Waals surface area contributed by atoms with Crippen LogP contribution in [0.3, 0.4) is 0 Å². The Morgan fingerprint density at radius 3 is 3.08 bits per heavy atom. The third kappa shape index (κ3) is 3.37. The van der Waals surface area contributed by atoms with Gasteiger partial charge < -0.3 is 20.4 Å². The van der Waals surface area contributed by atoms with Crippen molar-refractivity contribution < 1.29 is 4.74 Å². The topological polar surface area (TPSA) is 66.2 Å². The minimum absolute atomic E-state index is 0.0125. The van der Waals surface area contributed by atoms with Crippen LogP contribution in [0, 0.1) is 5.92 Å². The highest BCUT2D eigenvalue weighted by atomic mass is 32.1. The number of nitrogens with one attached hydrogen (secondary N) is 3. The van der Waals surface area contributed by atoms with Gasteiger partial charge in [-0.25, -0.2) is 0 Å². The van der Waals surface area contributed by atoms with E-state index in [-0.39, 0.29) is 5.56 Å². The molecule has 0 spiro atoms. The van der Waals surface area contributed by atoms with Crippen molar-refractivity contribution in [1.29, 1.82) is 0 Å². The number of pyridine rings is 1. The second-order valence-electron chi connectivity index (χ2n) is 6.95. The standard InChI is InChI=1S/C20H25N3O2S/c1-25-17-5-4-16-18(15-7-10-26-19(15)20(24)23-16)14(17)6-9-22-12-13-3-2-8-21-11-13/h4-5,7,10,13,21-22H,2-3,6,8-9,11-12H2,1H3,(H,23,24). The van der Waals surface area contributed by atoms with Crippen molar-refractivity contribution >= 4 is 32.3 Å². The van der Waals surface area contributed by atoms with Crippen molar-refractivity contribution in [3.05, 3.63) is 39.5 Å². The van der Waals surface area contributed by atoms with Gasteiger partial charge in [0, 0.05) is 21.9 Å². The molecule has 0 radical (unpaired) electrons. The summed E-state index contributed by atoms with van der Waals surface area (Å²) in [6, 6.07) is 5.94. The Morgan fingerprint density at radius 2 is 2.27 bits per heavy atom. The molecule has 1 unspecified atom stereocenters. The van der Waals surface area contributed by atoms with Crippen LogP contribution in [0.5, 0.6) is 5.75 Å². The predicted molar refractivity (Wildman–Crippen MR) is 109 cm³/mol. The molecule has 138 valence electrons. The molecule has 1 fully saturated rings. The SMILES string of the molecule is COc1ccc2[nH]c(=O)c3sccc3c2c1CCNCC1CCCNC1. The Balaban J connectivity index is 1.60. The first kappa shape index (κ1) is 17.5. The lowest BCUT2D eigenvalue weighted by Crippen LogP contribution is -2.36. The van der Waals surface area contributed by atoms with E-state index in [4.69, 9.17) is 4.74 Å². The fraction of sp³-hybridized carbons (Fsp3) is 0.450. The van der Waals surface area contributed by atoms with E-state index in [1.54, 1.807) is 7.11 Å². The fourth-order valence-electron chi connectivity index (χ4n) is 3.96. The zero-order valence-corrected chi connectivity index (χ0v) is 15.9. The molecule has 3 aromatic rings. The Bertz CT molecular complexity index is 957. The van der Waals surface area contributed by atoms with Gasteiger partial charge in [-0.2, -0.15) is 0 Å². The number of H-pyrrole nitrogens is 1. The van der Waals surface area contributed by atoms with E-state index in [9.17, 15) is 4.79 Å². The number of aromatic amines is 1. The van der Waals surface area contributed by atoms with Gasteiger partial charge in [0.1, 0.15) is 10.4 Å². The number of hydrogen-bond donors (Lipinski definition) is 3. The van der Waals surface area contributed by atoms with Crippen molar-refractivity contribution in [1.82, 2.24) is 15.6 Å². The van der Waals surface area contributed by atoms with E-state index >= 15 is 0 Å². The van der Waals surface area contributed by atoms with Crippen molar-refractivity contribution in [2.75, 3.05) is 33.3 Å². The number of methoxy groups -OCH3 is 1. The van der Waals surface area contributed by atoms with Gasteiger partial charge in [0.25, 0.3) is 5.56 Å². The fourth-order valence-corrected chi connectivity index (χ4v) is 4.75. The summed E-state index contributed by atoms with van der Waals surface area (Å²) in [4.78, 5) is 15.3. The normalized spacial score (nSPS) is 17.8. The van der Waals surface area contributed by atoms with E-state index < -0.39 is 0 Å². The maximum atomic E-state index is 12.3. The van der Waals surface area contributed by atoms with Crippen LogP contribution in [-0.4, -0.2) is 38.3 Å². The molecule has 0 amide bonds. The molecule has 1 aliphatic rings. The Hall–Kier alpha value is -1.89. The Morgan fingerprint density at radius 1 is 1.35 bits per heavy atom. The van der Waals surface area contributed by atoms with E-state index in [0.29, 0.717) is 0 Å². The van der Waals surface area contributed by atoms with Gasteiger partial charge in [0.05, 0.1) is 7.11 Å². The van der Waals surface area contributed by atoms with Crippen molar-refractivity contribution in [2.24, 2.45) is 5.92 Å².